The van der Waals surface area contributed by atoms with E-state index >= 15 is 0 Å². The number of esters is 2. The summed E-state index contributed by atoms with van der Waals surface area (Å²) >= 11 is 0. The van der Waals surface area contributed by atoms with E-state index in [1.807, 2.05) is 55.5 Å². The number of nitrogens with zero attached hydrogens (tertiary/aromatic N) is 1. The fourth-order valence-corrected chi connectivity index (χ4v) is 6.35. The van der Waals surface area contributed by atoms with Crippen molar-refractivity contribution in [3.63, 3.8) is 0 Å². The lowest BCUT2D eigenvalue weighted by atomic mass is 9.66. The number of rotatable bonds is 11. The summed E-state index contributed by atoms with van der Waals surface area (Å²) in [4.78, 5) is 44.6. The van der Waals surface area contributed by atoms with E-state index in [0.29, 0.717) is 59.2 Å². The van der Waals surface area contributed by atoms with Gasteiger partial charge in [-0.15, -0.1) is 0 Å². The maximum Gasteiger partial charge on any atom is 0.336 e. The molecule has 1 aliphatic carbocycles. The monoisotopic (exact) mass is 625 g/mol. The van der Waals surface area contributed by atoms with Gasteiger partial charge in [-0.05, 0) is 67.1 Å². The number of benzene rings is 3. The predicted octanol–water partition coefficient (Wildman–Crippen LogP) is 6.39. The van der Waals surface area contributed by atoms with Crippen molar-refractivity contribution in [3.8, 4) is 23.0 Å². The number of hydrogen-bond acceptors (Lipinski definition) is 9. The van der Waals surface area contributed by atoms with Crippen molar-refractivity contribution in [2.24, 2.45) is 10.9 Å². The largest absolute Gasteiger partial charge is 0.493 e. The molecule has 240 valence electrons. The standard InChI is InChI=1S/C37H39NO8/c1-6-44-33-21-26(13-15-31(33)46-23(3)39)35-34(37(41)45-17-16-24-10-8-7-9-11-24)22(2)38-28-18-27(19-29(40)36(28)35)25-12-14-30(42-4)32(20-25)43-5/h7-15,20-21,27,35-36H,6,16-19H2,1-5H3/t27-,35-,36?/m0/s1. The van der Waals surface area contributed by atoms with E-state index < -0.39 is 23.8 Å². The number of ketones is 1. The third kappa shape index (κ3) is 6.98. The minimum absolute atomic E-state index is 0.0288. The fourth-order valence-electron chi connectivity index (χ4n) is 6.35. The molecule has 0 amide bonds. The molecule has 0 bridgehead atoms. The first kappa shape index (κ1) is 32.5. The first-order valence-electron chi connectivity index (χ1n) is 15.4. The Morgan fingerprint density at radius 1 is 0.848 bits per heavy atom. The predicted molar refractivity (Wildman–Crippen MR) is 173 cm³/mol. The molecule has 1 unspecified atom stereocenters. The van der Waals surface area contributed by atoms with Crippen molar-refractivity contribution in [3.05, 3.63) is 94.7 Å². The van der Waals surface area contributed by atoms with Gasteiger partial charge in [0.15, 0.2) is 23.0 Å². The Bertz CT molecular complexity index is 1680. The van der Waals surface area contributed by atoms with Crippen LogP contribution in [-0.4, -0.2) is 50.9 Å². The van der Waals surface area contributed by atoms with Crippen LogP contribution in [0.1, 0.15) is 62.1 Å². The third-order valence-corrected chi connectivity index (χ3v) is 8.40. The lowest BCUT2D eigenvalue weighted by molar-refractivity contribution is -0.139. The minimum Gasteiger partial charge on any atom is -0.493 e. The molecule has 5 rings (SSSR count). The zero-order valence-corrected chi connectivity index (χ0v) is 26.8. The second-order valence-electron chi connectivity index (χ2n) is 11.3. The third-order valence-electron chi connectivity index (χ3n) is 8.40. The Morgan fingerprint density at radius 2 is 1.54 bits per heavy atom. The zero-order chi connectivity index (χ0) is 32.8. The van der Waals surface area contributed by atoms with Crippen molar-refractivity contribution in [2.75, 3.05) is 27.4 Å². The molecule has 0 N–H and O–H groups in total. The zero-order valence-electron chi connectivity index (χ0n) is 26.8. The number of ether oxygens (including phenoxy) is 5. The summed E-state index contributed by atoms with van der Waals surface area (Å²) in [7, 11) is 3.16. The second kappa shape index (κ2) is 14.5. The lowest BCUT2D eigenvalue weighted by Gasteiger charge is -2.38. The summed E-state index contributed by atoms with van der Waals surface area (Å²) in [5.41, 5.74) is 4.21. The van der Waals surface area contributed by atoms with E-state index in [-0.39, 0.29) is 30.5 Å². The molecule has 9 heteroatoms. The lowest BCUT2D eigenvalue weighted by Crippen LogP contribution is -2.41. The normalized spacial score (nSPS) is 19.1. The summed E-state index contributed by atoms with van der Waals surface area (Å²) in [6.45, 7) is 5.43. The van der Waals surface area contributed by atoms with Gasteiger partial charge in [0.05, 0.1) is 38.9 Å². The molecule has 0 spiro atoms. The van der Waals surface area contributed by atoms with Gasteiger partial charge in [-0.3, -0.25) is 14.6 Å². The number of Topliss-reactive ketones (excluding diaryl/α,β-unsaturated/α-hetero) is 1. The van der Waals surface area contributed by atoms with E-state index in [9.17, 15) is 14.4 Å². The average molecular weight is 626 g/mol. The highest BCUT2D eigenvalue weighted by Crippen LogP contribution is 2.48. The number of methoxy groups -OCH3 is 2. The van der Waals surface area contributed by atoms with Crippen LogP contribution >= 0.6 is 0 Å². The fraction of sp³-hybridized carbons (Fsp3) is 0.351. The van der Waals surface area contributed by atoms with Gasteiger partial charge in [0, 0.05) is 37.1 Å². The number of hydrogen-bond donors (Lipinski definition) is 0. The van der Waals surface area contributed by atoms with Gasteiger partial charge < -0.3 is 23.7 Å². The van der Waals surface area contributed by atoms with Crippen molar-refractivity contribution in [2.45, 2.75) is 51.9 Å². The van der Waals surface area contributed by atoms with E-state index in [0.717, 1.165) is 11.1 Å². The maximum atomic E-state index is 14.2. The van der Waals surface area contributed by atoms with Gasteiger partial charge >= 0.3 is 11.9 Å². The molecule has 46 heavy (non-hydrogen) atoms. The maximum absolute atomic E-state index is 14.2. The van der Waals surface area contributed by atoms with Gasteiger partial charge in [-0.2, -0.15) is 0 Å². The topological polar surface area (TPSA) is 110 Å². The molecule has 0 saturated heterocycles. The molecule has 0 aromatic heterocycles. The van der Waals surface area contributed by atoms with E-state index in [1.54, 1.807) is 39.3 Å². The molecular weight excluding hydrogens is 586 g/mol. The Kier molecular flexibility index (Phi) is 10.2. The highest BCUT2D eigenvalue weighted by molar-refractivity contribution is 6.12. The summed E-state index contributed by atoms with van der Waals surface area (Å²) in [5, 5.41) is 0. The van der Waals surface area contributed by atoms with Crippen LogP contribution in [0.15, 0.2) is 83.0 Å². The van der Waals surface area contributed by atoms with Crippen LogP contribution in [0.3, 0.4) is 0 Å². The van der Waals surface area contributed by atoms with E-state index in [2.05, 4.69) is 0 Å². The molecular formula is C37H39NO8. The van der Waals surface area contributed by atoms with Gasteiger partial charge in [0.2, 0.25) is 0 Å². The number of aliphatic imine (C=N–C) groups is 1. The van der Waals surface area contributed by atoms with Gasteiger partial charge in [-0.25, -0.2) is 4.79 Å². The highest BCUT2D eigenvalue weighted by atomic mass is 16.6. The van der Waals surface area contributed by atoms with Gasteiger partial charge in [0.25, 0.3) is 0 Å². The highest BCUT2D eigenvalue weighted by Gasteiger charge is 2.46. The minimum atomic E-state index is -0.675. The number of carbonyl (C=O) groups excluding carboxylic acids is 3. The molecule has 2 aliphatic rings. The van der Waals surface area contributed by atoms with Crippen molar-refractivity contribution in [1.82, 2.24) is 0 Å². The summed E-state index contributed by atoms with van der Waals surface area (Å²) in [5.74, 6) is -0.685. The molecule has 1 aliphatic heterocycles. The first-order chi connectivity index (χ1) is 22.2. The van der Waals surface area contributed by atoms with Crippen LogP contribution in [0.2, 0.25) is 0 Å². The van der Waals surface area contributed by atoms with Crippen LogP contribution in [0.5, 0.6) is 23.0 Å². The van der Waals surface area contributed by atoms with Gasteiger partial charge in [0.1, 0.15) is 5.78 Å². The van der Waals surface area contributed by atoms with Crippen LogP contribution in [0.4, 0.5) is 0 Å². The molecule has 1 saturated carbocycles. The summed E-state index contributed by atoms with van der Waals surface area (Å²) in [6, 6.07) is 20.6. The summed E-state index contributed by atoms with van der Waals surface area (Å²) < 4.78 is 27.9. The second-order valence-corrected chi connectivity index (χ2v) is 11.3. The Morgan fingerprint density at radius 3 is 2.24 bits per heavy atom. The average Bonchev–Trinajstić information content (AvgIpc) is 3.04. The van der Waals surface area contributed by atoms with Crippen molar-refractivity contribution in [1.29, 1.82) is 0 Å². The van der Waals surface area contributed by atoms with Crippen LogP contribution < -0.4 is 18.9 Å². The van der Waals surface area contributed by atoms with E-state index in [4.69, 9.17) is 28.7 Å². The Hall–Kier alpha value is -4.92. The van der Waals surface area contributed by atoms with Gasteiger partial charge in [-0.1, -0.05) is 42.5 Å². The number of allylic oxidation sites excluding steroid dienone is 1. The van der Waals surface area contributed by atoms with Crippen LogP contribution in [-0.2, 0) is 25.5 Å². The Labute approximate surface area is 269 Å². The quantitative estimate of drug-likeness (QED) is 0.178. The molecule has 9 nitrogen and oxygen atoms in total. The SMILES string of the molecule is CCOc1cc([C@H]2C(C(=O)OCCc3ccccc3)=C(C)N=C3C[C@H](c4ccc(OC)c(OC)c4)CC(=O)C32)ccc1OC(C)=O. The molecule has 0 radical (unpaired) electrons. The van der Waals surface area contributed by atoms with Crippen LogP contribution in [0.25, 0.3) is 0 Å². The Balaban J connectivity index is 1.53. The smallest absolute Gasteiger partial charge is 0.336 e. The molecule has 3 aromatic carbocycles. The van der Waals surface area contributed by atoms with Crippen molar-refractivity contribution < 1.29 is 38.1 Å². The molecule has 3 atom stereocenters. The number of fused-ring (bicyclic) bond motifs is 1. The summed E-state index contributed by atoms with van der Waals surface area (Å²) in [6.07, 6.45) is 1.34. The van der Waals surface area contributed by atoms with Crippen LogP contribution in [0, 0.1) is 5.92 Å². The first-order valence-corrected chi connectivity index (χ1v) is 15.4. The molecule has 1 heterocycles. The van der Waals surface area contributed by atoms with Crippen molar-refractivity contribution >= 4 is 23.4 Å². The number of carbonyl (C=O) groups is 3. The van der Waals surface area contributed by atoms with E-state index in [1.165, 1.54) is 6.92 Å². The molecule has 1 fully saturated rings. The molecule has 3 aromatic rings.